The number of carbonyl (C=O) groups is 2. The van der Waals surface area contributed by atoms with Crippen LogP contribution in [0.1, 0.15) is 37.9 Å². The van der Waals surface area contributed by atoms with Crippen LogP contribution in [0.3, 0.4) is 0 Å². The van der Waals surface area contributed by atoms with Gasteiger partial charge in [0.2, 0.25) is 0 Å². The molecule has 9 heteroatoms. The minimum atomic E-state index is -0.625. The fourth-order valence-corrected chi connectivity index (χ4v) is 3.19. The quantitative estimate of drug-likeness (QED) is 0.584. The van der Waals surface area contributed by atoms with Crippen LogP contribution in [0, 0.1) is 26.6 Å². The number of halogens is 2. The minimum absolute atomic E-state index is 0.0559. The highest BCUT2D eigenvalue weighted by atomic mass is 35.5. The molecule has 0 aliphatic carbocycles. The number of amides is 2. The van der Waals surface area contributed by atoms with Crippen molar-refractivity contribution < 1.29 is 18.4 Å². The number of nitrogens with one attached hydrogen (secondary N) is 2. The van der Waals surface area contributed by atoms with Gasteiger partial charge in [0.05, 0.1) is 35.3 Å². The van der Waals surface area contributed by atoms with Crippen LogP contribution >= 0.6 is 11.6 Å². The van der Waals surface area contributed by atoms with Gasteiger partial charge in [-0.25, -0.2) is 4.39 Å². The third kappa shape index (κ3) is 4.32. The highest BCUT2D eigenvalue weighted by molar-refractivity contribution is 6.17. The third-order valence-electron chi connectivity index (χ3n) is 4.48. The van der Waals surface area contributed by atoms with E-state index >= 15 is 0 Å². The molecule has 0 unspecified atom stereocenters. The Labute approximate surface area is 171 Å². The van der Waals surface area contributed by atoms with E-state index in [1.165, 1.54) is 30.5 Å². The summed E-state index contributed by atoms with van der Waals surface area (Å²) in [5.41, 5.74) is 2.26. The molecule has 2 N–H and O–H groups in total. The molecule has 3 aromatic rings. The lowest BCUT2D eigenvalue weighted by Crippen LogP contribution is -2.16. The largest absolute Gasteiger partial charge is 0.469 e. The predicted molar refractivity (Wildman–Crippen MR) is 108 cm³/mol. The van der Waals surface area contributed by atoms with Crippen LogP contribution < -0.4 is 10.6 Å². The lowest BCUT2D eigenvalue weighted by molar-refractivity contribution is 0.101. The molecule has 0 aliphatic heterocycles. The first kappa shape index (κ1) is 20.6. The fourth-order valence-electron chi connectivity index (χ4n) is 3.03. The first-order valence-corrected chi connectivity index (χ1v) is 9.41. The third-order valence-corrected chi connectivity index (χ3v) is 4.65. The number of nitrogens with zero attached hydrogens (tertiary/aromatic N) is 2. The zero-order valence-electron chi connectivity index (χ0n) is 16.2. The molecule has 0 radical (unpaired) electrons. The Balaban J connectivity index is 1.80. The second kappa shape index (κ2) is 8.48. The van der Waals surface area contributed by atoms with Crippen molar-refractivity contribution in [3.63, 3.8) is 0 Å². The lowest BCUT2D eigenvalue weighted by Gasteiger charge is -2.10. The van der Waals surface area contributed by atoms with Crippen LogP contribution in [0.15, 0.2) is 34.9 Å². The lowest BCUT2D eigenvalue weighted by atomic mass is 10.1. The monoisotopic (exact) mass is 418 g/mol. The van der Waals surface area contributed by atoms with Gasteiger partial charge in [-0.1, -0.05) is 0 Å². The molecule has 29 heavy (non-hydrogen) atoms. The number of alkyl halides is 1. The van der Waals surface area contributed by atoms with E-state index in [0.717, 1.165) is 0 Å². The topological polar surface area (TPSA) is 89.2 Å². The Morgan fingerprint density at radius 1 is 1.17 bits per heavy atom. The molecule has 0 saturated heterocycles. The summed E-state index contributed by atoms with van der Waals surface area (Å²) < 4.78 is 20.9. The average Bonchev–Trinajstić information content (AvgIpc) is 3.21. The SMILES string of the molecule is Cc1nn(CCCl)c(C)c1C(=O)Nc1ccc(F)c(NC(=O)c2ccoc2C)c1. The molecule has 2 amide bonds. The normalized spacial score (nSPS) is 10.8. The molecule has 3 rings (SSSR count). The molecule has 0 bridgehead atoms. The fraction of sp³-hybridized carbons (Fsp3) is 0.250. The zero-order valence-corrected chi connectivity index (χ0v) is 16.9. The van der Waals surface area contributed by atoms with E-state index < -0.39 is 11.7 Å². The minimum Gasteiger partial charge on any atom is -0.469 e. The zero-order chi connectivity index (χ0) is 21.1. The summed E-state index contributed by atoms with van der Waals surface area (Å²) >= 11 is 5.76. The molecule has 2 heterocycles. The molecule has 0 fully saturated rings. The van der Waals surface area contributed by atoms with Crippen LogP contribution in [0.4, 0.5) is 15.8 Å². The van der Waals surface area contributed by atoms with Crippen LogP contribution in [0.2, 0.25) is 0 Å². The number of aryl methyl sites for hydroxylation is 3. The summed E-state index contributed by atoms with van der Waals surface area (Å²) in [7, 11) is 0. The van der Waals surface area contributed by atoms with Crippen LogP contribution in [-0.2, 0) is 6.54 Å². The van der Waals surface area contributed by atoms with Gasteiger partial charge < -0.3 is 15.1 Å². The molecule has 152 valence electrons. The second-order valence-electron chi connectivity index (χ2n) is 6.45. The van der Waals surface area contributed by atoms with Gasteiger partial charge in [0.1, 0.15) is 11.6 Å². The van der Waals surface area contributed by atoms with Gasteiger partial charge in [0.25, 0.3) is 11.8 Å². The van der Waals surface area contributed by atoms with Crippen molar-refractivity contribution >= 4 is 34.8 Å². The maximum Gasteiger partial charge on any atom is 0.259 e. The van der Waals surface area contributed by atoms with Crippen molar-refractivity contribution in [1.82, 2.24) is 9.78 Å². The summed E-state index contributed by atoms with van der Waals surface area (Å²) in [6.45, 7) is 5.64. The van der Waals surface area contributed by atoms with E-state index in [4.69, 9.17) is 16.0 Å². The Kier molecular flexibility index (Phi) is 6.03. The number of benzene rings is 1. The number of hydrogen-bond acceptors (Lipinski definition) is 4. The second-order valence-corrected chi connectivity index (χ2v) is 6.83. The molecular weight excluding hydrogens is 399 g/mol. The van der Waals surface area contributed by atoms with Crippen molar-refractivity contribution in [2.45, 2.75) is 27.3 Å². The first-order valence-electron chi connectivity index (χ1n) is 8.88. The first-order chi connectivity index (χ1) is 13.8. The van der Waals surface area contributed by atoms with E-state index in [1.807, 2.05) is 0 Å². The number of carbonyl (C=O) groups excluding carboxylic acids is 2. The van der Waals surface area contributed by atoms with E-state index in [9.17, 15) is 14.0 Å². The molecule has 0 aliphatic rings. The molecule has 2 aromatic heterocycles. The summed E-state index contributed by atoms with van der Waals surface area (Å²) in [6, 6.07) is 5.44. The summed E-state index contributed by atoms with van der Waals surface area (Å²) in [6.07, 6.45) is 1.38. The summed E-state index contributed by atoms with van der Waals surface area (Å²) in [4.78, 5) is 25.0. The Morgan fingerprint density at radius 2 is 1.93 bits per heavy atom. The molecule has 1 aromatic carbocycles. The number of furan rings is 1. The standard InChI is InChI=1S/C20H20ClFN4O3/c1-11-18(12(2)26(25-11)8-7-21)20(28)23-14-4-5-16(22)17(10-14)24-19(27)15-6-9-29-13(15)3/h4-6,9-10H,7-8H2,1-3H3,(H,23,28)(H,24,27). The summed E-state index contributed by atoms with van der Waals surface area (Å²) in [5.74, 6) is -0.713. The van der Waals surface area contributed by atoms with Gasteiger partial charge in [0.15, 0.2) is 0 Å². The molecule has 7 nitrogen and oxygen atoms in total. The van der Waals surface area contributed by atoms with Crippen LogP contribution in [0.5, 0.6) is 0 Å². The van der Waals surface area contributed by atoms with E-state index in [1.54, 1.807) is 25.5 Å². The number of hydrogen-bond donors (Lipinski definition) is 2. The molecule has 0 saturated carbocycles. The van der Waals surface area contributed by atoms with Crippen molar-refractivity contribution in [1.29, 1.82) is 0 Å². The summed E-state index contributed by atoms with van der Waals surface area (Å²) in [5, 5.41) is 9.53. The average molecular weight is 419 g/mol. The number of aromatic nitrogens is 2. The van der Waals surface area contributed by atoms with Crippen molar-refractivity contribution in [3.05, 3.63) is 64.6 Å². The van der Waals surface area contributed by atoms with Gasteiger partial charge in [-0.05, 0) is 45.0 Å². The Bertz CT molecular complexity index is 1070. The van der Waals surface area contributed by atoms with Gasteiger partial charge in [0, 0.05) is 17.3 Å². The highest BCUT2D eigenvalue weighted by Gasteiger charge is 2.19. The van der Waals surface area contributed by atoms with Gasteiger partial charge in [-0.3, -0.25) is 14.3 Å². The Morgan fingerprint density at radius 3 is 2.59 bits per heavy atom. The van der Waals surface area contributed by atoms with Gasteiger partial charge in [-0.2, -0.15) is 5.10 Å². The van der Waals surface area contributed by atoms with Crippen LogP contribution in [-0.4, -0.2) is 27.5 Å². The van der Waals surface area contributed by atoms with Crippen molar-refractivity contribution in [2.75, 3.05) is 16.5 Å². The van der Waals surface area contributed by atoms with Crippen molar-refractivity contribution in [3.8, 4) is 0 Å². The molecule has 0 atom stereocenters. The Hall–Kier alpha value is -3.13. The van der Waals surface area contributed by atoms with E-state index in [-0.39, 0.29) is 11.6 Å². The van der Waals surface area contributed by atoms with E-state index in [2.05, 4.69) is 15.7 Å². The smallest absolute Gasteiger partial charge is 0.259 e. The maximum atomic E-state index is 14.2. The number of anilines is 2. The van der Waals surface area contributed by atoms with E-state index in [0.29, 0.717) is 46.4 Å². The molecule has 0 spiro atoms. The van der Waals surface area contributed by atoms with Gasteiger partial charge in [-0.15, -0.1) is 11.6 Å². The van der Waals surface area contributed by atoms with Crippen LogP contribution in [0.25, 0.3) is 0 Å². The van der Waals surface area contributed by atoms with Gasteiger partial charge >= 0.3 is 0 Å². The number of rotatable bonds is 6. The maximum absolute atomic E-state index is 14.2. The highest BCUT2D eigenvalue weighted by Crippen LogP contribution is 2.23. The predicted octanol–water partition coefficient (Wildman–Crippen LogP) is 4.28. The van der Waals surface area contributed by atoms with Crippen molar-refractivity contribution in [2.24, 2.45) is 0 Å². The molecular formula is C20H20ClFN4O3.